The molecule has 2 aromatic rings. The number of amides is 2. The second kappa shape index (κ2) is 19.6. The van der Waals surface area contributed by atoms with Gasteiger partial charge in [0.25, 0.3) is 5.91 Å². The first-order chi connectivity index (χ1) is 26.7. The molecule has 308 valence electrons. The topological polar surface area (TPSA) is 140 Å². The largest absolute Gasteiger partial charge is 0.496 e. The number of hydrogen-bond donors (Lipinski definition) is 4. The van der Waals surface area contributed by atoms with Gasteiger partial charge in [-0.25, -0.2) is 0 Å². The minimum atomic E-state index is -0.900. The van der Waals surface area contributed by atoms with Crippen LogP contribution in [0, 0.1) is 23.7 Å². The van der Waals surface area contributed by atoms with Gasteiger partial charge in [-0.2, -0.15) is 5.06 Å². The summed E-state index contributed by atoms with van der Waals surface area (Å²) in [5.41, 5.74) is 4.19. The van der Waals surface area contributed by atoms with Crippen molar-refractivity contribution in [2.45, 2.75) is 103 Å². The third kappa shape index (κ3) is 10.6. The molecule has 5 rings (SSSR count). The molecule has 1 saturated heterocycles. The molecule has 2 amide bonds. The molecule has 1 aromatic carbocycles. The fraction of sp³-hybridized carbons (Fsp3) is 0.614. The smallest absolute Gasteiger partial charge is 0.251 e. The molecular weight excluding hydrogens is 709 g/mol. The maximum absolute atomic E-state index is 14.3. The Morgan fingerprint density at radius 1 is 1.09 bits per heavy atom. The van der Waals surface area contributed by atoms with E-state index in [2.05, 4.69) is 41.3 Å². The number of carbonyl (C=O) groups excluding carboxylic acids is 2. The summed E-state index contributed by atoms with van der Waals surface area (Å²) in [6, 6.07) is 10.8. The van der Waals surface area contributed by atoms with E-state index in [9.17, 15) is 19.8 Å². The lowest BCUT2D eigenvalue weighted by Gasteiger charge is -2.38. The number of likely N-dealkylation sites (N-methyl/N-ethyl adjacent to an activating group) is 1. The van der Waals surface area contributed by atoms with Crippen LogP contribution in [-0.4, -0.2) is 121 Å². The van der Waals surface area contributed by atoms with Crippen LogP contribution in [0.25, 0.3) is 0 Å². The van der Waals surface area contributed by atoms with Crippen molar-refractivity contribution < 1.29 is 29.4 Å². The van der Waals surface area contributed by atoms with E-state index in [1.165, 1.54) is 0 Å². The first-order valence-corrected chi connectivity index (χ1v) is 20.3. The van der Waals surface area contributed by atoms with Gasteiger partial charge in [0.05, 0.1) is 26.4 Å². The number of carbonyl (C=O) groups is 2. The lowest BCUT2D eigenvalue weighted by atomic mass is 9.74. The summed E-state index contributed by atoms with van der Waals surface area (Å²) in [5.74, 6) is 0.845. The van der Waals surface area contributed by atoms with Gasteiger partial charge in [-0.05, 0) is 82.7 Å². The Hall–Kier alpha value is -3.81. The number of methoxy groups -OCH3 is 1. The summed E-state index contributed by atoms with van der Waals surface area (Å²) < 4.78 is 6.14. The Bertz CT molecular complexity index is 1680. The average Bonchev–Trinajstić information content (AvgIpc) is 3.54. The zero-order chi connectivity index (χ0) is 40.7. The highest BCUT2D eigenvalue weighted by atomic mass is 16.7. The predicted molar refractivity (Wildman–Crippen MR) is 218 cm³/mol. The highest BCUT2D eigenvalue weighted by molar-refractivity contribution is 5.97. The summed E-state index contributed by atoms with van der Waals surface area (Å²) in [5, 5.41) is 29.6. The number of pyridine rings is 1. The normalized spacial score (nSPS) is 26.7. The van der Waals surface area contributed by atoms with Gasteiger partial charge in [0.15, 0.2) is 0 Å². The number of hydroxylamine groups is 2. The number of nitrogens with zero attached hydrogens (tertiary/aromatic N) is 4. The summed E-state index contributed by atoms with van der Waals surface area (Å²) in [7, 11) is 9.58. The molecule has 0 bridgehead atoms. The van der Waals surface area contributed by atoms with E-state index in [1.807, 2.05) is 81.6 Å². The van der Waals surface area contributed by atoms with Gasteiger partial charge >= 0.3 is 0 Å². The fourth-order valence-electron chi connectivity index (χ4n) is 8.83. The van der Waals surface area contributed by atoms with Gasteiger partial charge in [-0.3, -0.25) is 19.4 Å². The second-order valence-corrected chi connectivity index (χ2v) is 17.0. The molecule has 4 N–H and O–H groups in total. The van der Waals surface area contributed by atoms with E-state index in [0.29, 0.717) is 48.5 Å². The molecule has 0 radical (unpaired) electrons. The first kappa shape index (κ1) is 43.3. The molecule has 0 spiro atoms. The highest BCUT2D eigenvalue weighted by Crippen LogP contribution is 2.41. The minimum Gasteiger partial charge on any atom is -0.496 e. The van der Waals surface area contributed by atoms with E-state index < -0.39 is 24.2 Å². The van der Waals surface area contributed by atoms with Crippen molar-refractivity contribution in [1.82, 2.24) is 30.5 Å². The van der Waals surface area contributed by atoms with Crippen molar-refractivity contribution in [3.8, 4) is 5.75 Å². The predicted octanol–water partition coefficient (Wildman–Crippen LogP) is 4.29. The Labute approximate surface area is 334 Å². The summed E-state index contributed by atoms with van der Waals surface area (Å²) in [6.45, 7) is 8.83. The zero-order valence-corrected chi connectivity index (χ0v) is 34.9. The van der Waals surface area contributed by atoms with Crippen molar-refractivity contribution in [3.63, 3.8) is 0 Å². The maximum atomic E-state index is 14.3. The SMILES string of the molecule is COc1c(CN2O[C@@H](CO)[C@@H]([C@H](C)O)[C@H]2C(=O)N[C@H]2C[C@@H](C(C)C)CC[C@@H]2C)cccc1C1C=C(C(=O)N[C@@H](Cc2ccccn2)CN(C)C)C=C(N(C)C)C1. The minimum absolute atomic E-state index is 0.0165. The fourth-order valence-corrected chi connectivity index (χ4v) is 8.83. The monoisotopic (exact) mass is 775 g/mol. The van der Waals surface area contributed by atoms with Crippen LogP contribution < -0.4 is 15.4 Å². The van der Waals surface area contributed by atoms with Crippen LogP contribution in [0.5, 0.6) is 5.75 Å². The highest BCUT2D eigenvalue weighted by Gasteiger charge is 2.50. The molecule has 12 nitrogen and oxygen atoms in total. The van der Waals surface area contributed by atoms with Gasteiger partial charge < -0.3 is 35.4 Å². The lowest BCUT2D eigenvalue weighted by molar-refractivity contribution is -0.182. The number of aliphatic hydroxyl groups excluding tert-OH is 2. The molecule has 56 heavy (non-hydrogen) atoms. The average molecular weight is 775 g/mol. The quantitative estimate of drug-likeness (QED) is 0.196. The van der Waals surface area contributed by atoms with Crippen molar-refractivity contribution >= 4 is 11.8 Å². The third-order valence-corrected chi connectivity index (χ3v) is 12.0. The molecule has 2 aliphatic carbocycles. The molecule has 1 saturated carbocycles. The number of nitrogens with one attached hydrogen (secondary N) is 2. The van der Waals surface area contributed by atoms with Gasteiger partial charge in [-0.15, -0.1) is 0 Å². The number of rotatable bonds is 16. The molecule has 2 fully saturated rings. The van der Waals surface area contributed by atoms with Crippen molar-refractivity contribution in [3.05, 3.63) is 82.8 Å². The molecule has 9 atom stereocenters. The number of benzene rings is 1. The first-order valence-electron chi connectivity index (χ1n) is 20.3. The van der Waals surface area contributed by atoms with Crippen LogP contribution in [0.15, 0.2) is 66.0 Å². The lowest BCUT2D eigenvalue weighted by Crippen LogP contribution is -2.53. The molecule has 2 heterocycles. The Kier molecular flexibility index (Phi) is 15.1. The number of aliphatic hydroxyl groups is 2. The van der Waals surface area contributed by atoms with Crippen LogP contribution in [0.3, 0.4) is 0 Å². The Morgan fingerprint density at radius 3 is 2.48 bits per heavy atom. The van der Waals surface area contributed by atoms with Crippen molar-refractivity contribution in [1.29, 1.82) is 0 Å². The van der Waals surface area contributed by atoms with Crippen molar-refractivity contribution in [2.24, 2.45) is 23.7 Å². The number of hydrogen-bond acceptors (Lipinski definition) is 10. The van der Waals surface area contributed by atoms with E-state index in [0.717, 1.165) is 41.8 Å². The van der Waals surface area contributed by atoms with E-state index in [1.54, 1.807) is 25.3 Å². The van der Waals surface area contributed by atoms with Crippen LogP contribution in [0.2, 0.25) is 0 Å². The second-order valence-electron chi connectivity index (χ2n) is 17.0. The molecule has 3 aliphatic rings. The number of aromatic nitrogens is 1. The van der Waals surface area contributed by atoms with Crippen LogP contribution in [0.4, 0.5) is 0 Å². The Morgan fingerprint density at radius 2 is 1.86 bits per heavy atom. The molecule has 1 aromatic heterocycles. The number of para-hydroxylation sites is 1. The molecular formula is C44H66N6O6. The third-order valence-electron chi connectivity index (χ3n) is 12.0. The standard InChI is InChI=1S/C44H66N6O6/c1-27(2)30-17-16-28(3)38(22-30)47-44(54)41-40(29(4)52)39(26-51)56-50(41)24-31-13-12-15-37(42(31)55-9)32-19-33(21-36(20-32)49(7)8)43(53)46-35(25-48(5)6)23-34-14-10-11-18-45-34/h10-15,18-19,21,27-30,32,35,38-41,51-52H,16-17,20,22-26H2,1-9H3,(H,46,53)(H,47,54)/t28-,29-,30-,32?,35-,38-,39-,40+,41-/m0/s1. The van der Waals surface area contributed by atoms with Gasteiger partial charge in [-0.1, -0.05) is 51.1 Å². The van der Waals surface area contributed by atoms with E-state index in [4.69, 9.17) is 9.57 Å². The van der Waals surface area contributed by atoms with Gasteiger partial charge in [0.2, 0.25) is 5.91 Å². The Balaban J connectivity index is 1.42. The number of allylic oxidation sites excluding steroid dienone is 2. The van der Waals surface area contributed by atoms with E-state index >= 15 is 0 Å². The van der Waals surface area contributed by atoms with Crippen LogP contribution >= 0.6 is 0 Å². The zero-order valence-electron chi connectivity index (χ0n) is 34.9. The molecule has 12 heteroatoms. The maximum Gasteiger partial charge on any atom is 0.251 e. The van der Waals surface area contributed by atoms with Crippen LogP contribution in [0.1, 0.15) is 76.1 Å². The van der Waals surface area contributed by atoms with Gasteiger partial charge in [0, 0.05) is 85.3 Å². The number of ether oxygens (including phenoxy) is 1. The van der Waals surface area contributed by atoms with Crippen molar-refractivity contribution in [2.75, 3.05) is 48.5 Å². The summed E-state index contributed by atoms with van der Waals surface area (Å²) in [6.07, 6.45) is 8.45. The van der Waals surface area contributed by atoms with Gasteiger partial charge in [0.1, 0.15) is 17.9 Å². The van der Waals surface area contributed by atoms with Crippen LogP contribution in [-0.2, 0) is 27.4 Å². The molecule has 1 aliphatic heterocycles. The van der Waals surface area contributed by atoms with E-state index in [-0.39, 0.29) is 43.0 Å². The summed E-state index contributed by atoms with van der Waals surface area (Å²) >= 11 is 0. The molecule has 1 unspecified atom stereocenters. The summed E-state index contributed by atoms with van der Waals surface area (Å²) in [4.78, 5) is 43.2.